The fraction of sp³-hybridized carbons (Fsp3) is 0.300. The van der Waals surface area contributed by atoms with Crippen molar-refractivity contribution in [1.82, 2.24) is 19.5 Å². The Kier molecular flexibility index (Phi) is 6.40. The highest BCUT2D eigenvalue weighted by atomic mass is 79.9. The lowest BCUT2D eigenvalue weighted by Crippen LogP contribution is -2.22. The quantitative estimate of drug-likeness (QED) is 0.517. The third kappa shape index (κ3) is 5.35. The van der Waals surface area contributed by atoms with Crippen molar-refractivity contribution in [2.75, 3.05) is 10.6 Å². The largest absolute Gasteiger partial charge is 0.432 e. The van der Waals surface area contributed by atoms with Crippen molar-refractivity contribution >= 4 is 27.7 Å². The molecule has 2 atom stereocenters. The van der Waals surface area contributed by atoms with Crippen molar-refractivity contribution in [3.05, 3.63) is 63.9 Å². The molecule has 0 bridgehead atoms. The second kappa shape index (κ2) is 9.38. The van der Waals surface area contributed by atoms with Crippen LogP contribution in [0.15, 0.2) is 58.3 Å². The van der Waals surface area contributed by atoms with E-state index in [4.69, 9.17) is 0 Å². The molecule has 0 radical (unpaired) electrons. The van der Waals surface area contributed by atoms with Gasteiger partial charge in [-0.25, -0.2) is 15.0 Å². The Hall–Kier alpha value is -3.08. The van der Waals surface area contributed by atoms with E-state index in [1.807, 2.05) is 6.07 Å². The zero-order valence-corrected chi connectivity index (χ0v) is 17.8. The number of nitrogens with one attached hydrogen (secondary N) is 2. The van der Waals surface area contributed by atoms with E-state index in [1.54, 1.807) is 24.5 Å². The fourth-order valence-electron chi connectivity index (χ4n) is 3.48. The van der Waals surface area contributed by atoms with E-state index >= 15 is 0 Å². The Bertz CT molecular complexity index is 1100. The number of alkyl halides is 2. The standard InChI is InChI=1S/C20H19BrF2N6O2/c21-16-8-14(29-6-2-1-3-17(29)30)9-24-18(16)27-12-4-5-13(7-12)28-20-25-10-15(11-26-20)31-19(22)23/h1-3,6,8-13,19H,4-5,7H2,(H,24,27)(H,25,26,28)/t12-,13-/m0/s1. The molecule has 4 rings (SSSR count). The fourth-order valence-corrected chi connectivity index (χ4v) is 3.93. The van der Waals surface area contributed by atoms with E-state index < -0.39 is 6.61 Å². The maximum atomic E-state index is 12.2. The van der Waals surface area contributed by atoms with Crippen LogP contribution in [-0.4, -0.2) is 38.2 Å². The molecule has 0 amide bonds. The second-order valence-corrected chi connectivity index (χ2v) is 7.90. The Morgan fingerprint density at radius 3 is 2.52 bits per heavy atom. The van der Waals surface area contributed by atoms with Crippen molar-refractivity contribution in [3.8, 4) is 11.4 Å². The number of hydrogen-bond acceptors (Lipinski definition) is 7. The van der Waals surface area contributed by atoms with Crippen LogP contribution in [0.4, 0.5) is 20.5 Å². The van der Waals surface area contributed by atoms with Gasteiger partial charge in [0.25, 0.3) is 5.56 Å². The highest BCUT2D eigenvalue weighted by Gasteiger charge is 2.26. The van der Waals surface area contributed by atoms with Crippen molar-refractivity contribution in [2.45, 2.75) is 38.0 Å². The SMILES string of the molecule is O=c1ccccn1-c1cnc(N[C@H]2CC[C@H](Nc3ncc(OC(F)F)cn3)C2)c(Br)c1. The van der Waals surface area contributed by atoms with E-state index in [0.717, 1.165) is 23.7 Å². The topological polar surface area (TPSA) is 94.0 Å². The molecule has 2 N–H and O–H groups in total. The number of aromatic nitrogens is 4. The third-order valence-electron chi connectivity index (χ3n) is 4.89. The number of ether oxygens (including phenoxy) is 1. The lowest BCUT2D eigenvalue weighted by Gasteiger charge is -2.16. The summed E-state index contributed by atoms with van der Waals surface area (Å²) >= 11 is 3.53. The van der Waals surface area contributed by atoms with Gasteiger partial charge in [-0.05, 0) is 47.3 Å². The number of anilines is 2. The molecule has 0 spiro atoms. The number of halogens is 3. The van der Waals surface area contributed by atoms with Crippen molar-refractivity contribution < 1.29 is 13.5 Å². The molecule has 1 aliphatic rings. The zero-order chi connectivity index (χ0) is 21.8. The molecule has 3 aromatic heterocycles. The predicted octanol–water partition coefficient (Wildman–Crippen LogP) is 3.83. The molecule has 3 heterocycles. The van der Waals surface area contributed by atoms with Crippen LogP contribution in [0.25, 0.3) is 5.69 Å². The van der Waals surface area contributed by atoms with Crippen molar-refractivity contribution in [3.63, 3.8) is 0 Å². The van der Waals surface area contributed by atoms with E-state index in [-0.39, 0.29) is 23.4 Å². The summed E-state index contributed by atoms with van der Waals surface area (Å²) in [7, 11) is 0. The Morgan fingerprint density at radius 1 is 1.10 bits per heavy atom. The third-order valence-corrected chi connectivity index (χ3v) is 5.49. The molecule has 31 heavy (non-hydrogen) atoms. The van der Waals surface area contributed by atoms with Crippen LogP contribution >= 0.6 is 15.9 Å². The van der Waals surface area contributed by atoms with Gasteiger partial charge in [-0.3, -0.25) is 9.36 Å². The molecule has 8 nitrogen and oxygen atoms in total. The summed E-state index contributed by atoms with van der Waals surface area (Å²) < 4.78 is 30.9. The van der Waals surface area contributed by atoms with Crippen LogP contribution in [0.3, 0.4) is 0 Å². The normalized spacial score (nSPS) is 18.2. The predicted molar refractivity (Wildman–Crippen MR) is 115 cm³/mol. The van der Waals surface area contributed by atoms with Gasteiger partial charge in [0.15, 0.2) is 5.75 Å². The molecule has 1 fully saturated rings. The van der Waals surface area contributed by atoms with Gasteiger partial charge in [0.1, 0.15) is 5.82 Å². The lowest BCUT2D eigenvalue weighted by molar-refractivity contribution is -0.0503. The highest BCUT2D eigenvalue weighted by Crippen LogP contribution is 2.28. The van der Waals surface area contributed by atoms with E-state index in [9.17, 15) is 13.6 Å². The average molecular weight is 493 g/mol. The Balaban J connectivity index is 1.35. The van der Waals surface area contributed by atoms with Crippen LogP contribution in [0.1, 0.15) is 19.3 Å². The first-order valence-electron chi connectivity index (χ1n) is 9.61. The molecule has 3 aromatic rings. The summed E-state index contributed by atoms with van der Waals surface area (Å²) in [5, 5.41) is 6.63. The summed E-state index contributed by atoms with van der Waals surface area (Å²) in [6.45, 7) is -2.90. The second-order valence-electron chi connectivity index (χ2n) is 7.05. The van der Waals surface area contributed by atoms with E-state index in [0.29, 0.717) is 17.5 Å². The molecular weight excluding hydrogens is 474 g/mol. The van der Waals surface area contributed by atoms with Crippen LogP contribution in [-0.2, 0) is 0 Å². The monoisotopic (exact) mass is 492 g/mol. The van der Waals surface area contributed by atoms with Gasteiger partial charge in [0.05, 0.1) is 28.8 Å². The molecule has 0 aliphatic heterocycles. The molecule has 0 saturated heterocycles. The first-order valence-corrected chi connectivity index (χ1v) is 10.4. The zero-order valence-electron chi connectivity index (χ0n) is 16.2. The maximum absolute atomic E-state index is 12.2. The minimum Gasteiger partial charge on any atom is -0.432 e. The van der Waals surface area contributed by atoms with Crippen LogP contribution in [0, 0.1) is 0 Å². The first-order chi connectivity index (χ1) is 15.0. The molecule has 1 aliphatic carbocycles. The average Bonchev–Trinajstić information content (AvgIpc) is 3.18. The van der Waals surface area contributed by atoms with Crippen LogP contribution < -0.4 is 20.9 Å². The summed E-state index contributed by atoms with van der Waals surface area (Å²) in [5.41, 5.74) is 0.544. The summed E-state index contributed by atoms with van der Waals surface area (Å²) in [4.78, 5) is 24.5. The van der Waals surface area contributed by atoms with Crippen molar-refractivity contribution in [2.24, 2.45) is 0 Å². The first kappa shape index (κ1) is 21.2. The summed E-state index contributed by atoms with van der Waals surface area (Å²) in [6.07, 6.45) is 8.40. The summed E-state index contributed by atoms with van der Waals surface area (Å²) in [6, 6.07) is 7.15. The molecule has 0 unspecified atom stereocenters. The number of hydrogen-bond donors (Lipinski definition) is 2. The maximum Gasteiger partial charge on any atom is 0.387 e. The highest BCUT2D eigenvalue weighted by molar-refractivity contribution is 9.10. The molecular formula is C20H19BrF2N6O2. The lowest BCUT2D eigenvalue weighted by atomic mass is 10.2. The number of nitrogens with zero attached hydrogens (tertiary/aromatic N) is 4. The van der Waals surface area contributed by atoms with E-state index in [1.165, 1.54) is 23.0 Å². The minimum atomic E-state index is -2.90. The Labute approximate surface area is 184 Å². The number of pyridine rings is 2. The summed E-state index contributed by atoms with van der Waals surface area (Å²) in [5.74, 6) is 0.982. The van der Waals surface area contributed by atoms with Crippen LogP contribution in [0.5, 0.6) is 5.75 Å². The number of rotatable bonds is 7. The van der Waals surface area contributed by atoms with Gasteiger partial charge < -0.3 is 15.4 Å². The molecule has 11 heteroatoms. The van der Waals surface area contributed by atoms with Gasteiger partial charge >= 0.3 is 6.61 Å². The minimum absolute atomic E-state index is 0.0800. The van der Waals surface area contributed by atoms with Gasteiger partial charge in [0.2, 0.25) is 5.95 Å². The van der Waals surface area contributed by atoms with Gasteiger partial charge in [-0.1, -0.05) is 6.07 Å². The van der Waals surface area contributed by atoms with Crippen LogP contribution in [0.2, 0.25) is 0 Å². The van der Waals surface area contributed by atoms with Gasteiger partial charge in [-0.15, -0.1) is 0 Å². The van der Waals surface area contributed by atoms with Gasteiger partial charge in [-0.2, -0.15) is 8.78 Å². The van der Waals surface area contributed by atoms with E-state index in [2.05, 4.69) is 46.3 Å². The molecule has 162 valence electrons. The molecule has 1 saturated carbocycles. The van der Waals surface area contributed by atoms with Gasteiger partial charge in [0, 0.05) is 24.3 Å². The smallest absolute Gasteiger partial charge is 0.387 e. The van der Waals surface area contributed by atoms with Crippen molar-refractivity contribution in [1.29, 1.82) is 0 Å². The Morgan fingerprint density at radius 2 is 1.84 bits per heavy atom. The molecule has 0 aromatic carbocycles.